The third kappa shape index (κ3) is 5.00. The van der Waals surface area contributed by atoms with Gasteiger partial charge in [-0.3, -0.25) is 0 Å². The topological polar surface area (TPSA) is 12.9 Å². The molecule has 0 N–H and O–H groups in total. The summed E-state index contributed by atoms with van der Waals surface area (Å²) < 4.78 is 0. The smallest absolute Gasteiger partial charge is 0.147 e. The predicted octanol–water partition coefficient (Wildman–Crippen LogP) is 6.67. The first-order valence-electron chi connectivity index (χ1n) is 9.07. The van der Waals surface area contributed by atoms with E-state index in [0.29, 0.717) is 22.0 Å². The number of benzene rings is 1. The fourth-order valence-electron chi connectivity index (χ4n) is 3.49. The Bertz CT molecular complexity index is 763. The first-order chi connectivity index (χ1) is 12.2. The molecule has 0 spiro atoms. The number of aryl methyl sites for hydroxylation is 1. The molecule has 0 saturated heterocycles. The molecule has 1 aliphatic carbocycles. The van der Waals surface area contributed by atoms with Crippen LogP contribution in [0.3, 0.4) is 0 Å². The predicted molar refractivity (Wildman–Crippen MR) is 106 cm³/mol. The van der Waals surface area contributed by atoms with E-state index >= 15 is 0 Å². The minimum atomic E-state index is 0.331. The van der Waals surface area contributed by atoms with Gasteiger partial charge < -0.3 is 0 Å². The van der Waals surface area contributed by atoms with Crippen LogP contribution in [-0.2, 0) is 6.42 Å². The highest BCUT2D eigenvalue weighted by molar-refractivity contribution is 6.41. The van der Waals surface area contributed by atoms with Gasteiger partial charge in [0.15, 0.2) is 0 Å². The van der Waals surface area contributed by atoms with Crippen molar-refractivity contribution in [3.8, 4) is 11.8 Å². The third-order valence-electron chi connectivity index (χ3n) is 4.93. The summed E-state index contributed by atoms with van der Waals surface area (Å²) in [5.41, 5.74) is 3.77. The van der Waals surface area contributed by atoms with Crippen LogP contribution in [0, 0.1) is 17.8 Å². The maximum atomic E-state index is 5.99. The number of hydrogen-bond acceptors (Lipinski definition) is 1. The SMILES string of the molecule is CCCc1ccc([C@H]2CC[C@H](C#Cc3cnc(Cl)c(Cl)c3)CC2)cc1. The summed E-state index contributed by atoms with van der Waals surface area (Å²) in [5.74, 6) is 7.74. The molecule has 1 heterocycles. The van der Waals surface area contributed by atoms with Gasteiger partial charge in [-0.05, 0) is 55.2 Å². The zero-order chi connectivity index (χ0) is 17.6. The lowest BCUT2D eigenvalue weighted by Gasteiger charge is -2.26. The van der Waals surface area contributed by atoms with E-state index < -0.39 is 0 Å². The van der Waals surface area contributed by atoms with Crippen LogP contribution in [0.1, 0.15) is 61.6 Å². The summed E-state index contributed by atoms with van der Waals surface area (Å²) in [6.07, 6.45) is 8.80. The minimum absolute atomic E-state index is 0.331. The fourth-order valence-corrected chi connectivity index (χ4v) is 3.76. The molecular weight excluding hydrogens is 349 g/mol. The first kappa shape index (κ1) is 18.3. The molecule has 0 atom stereocenters. The van der Waals surface area contributed by atoms with Gasteiger partial charge in [-0.2, -0.15) is 0 Å². The molecule has 3 heteroatoms. The molecule has 130 valence electrons. The fraction of sp³-hybridized carbons (Fsp3) is 0.409. The lowest BCUT2D eigenvalue weighted by Crippen LogP contribution is -2.12. The second-order valence-electron chi connectivity index (χ2n) is 6.81. The van der Waals surface area contributed by atoms with Crippen LogP contribution in [0.15, 0.2) is 36.5 Å². The van der Waals surface area contributed by atoms with Crippen LogP contribution >= 0.6 is 23.2 Å². The molecule has 1 aromatic heterocycles. The van der Waals surface area contributed by atoms with Crippen LogP contribution in [0.4, 0.5) is 0 Å². The van der Waals surface area contributed by atoms with Gasteiger partial charge in [0.05, 0.1) is 5.02 Å². The summed E-state index contributed by atoms with van der Waals surface area (Å²) in [4.78, 5) is 4.05. The molecule has 1 saturated carbocycles. The lowest BCUT2D eigenvalue weighted by molar-refractivity contribution is 0.384. The van der Waals surface area contributed by atoms with E-state index in [-0.39, 0.29) is 0 Å². The van der Waals surface area contributed by atoms with Crippen molar-refractivity contribution >= 4 is 23.2 Å². The molecule has 0 amide bonds. The maximum absolute atomic E-state index is 5.99. The summed E-state index contributed by atoms with van der Waals surface area (Å²) >= 11 is 11.8. The Kier molecular flexibility index (Phi) is 6.40. The molecule has 25 heavy (non-hydrogen) atoms. The van der Waals surface area contributed by atoms with Crippen LogP contribution in [0.2, 0.25) is 10.2 Å². The molecule has 1 aromatic carbocycles. The normalized spacial score (nSPS) is 20.0. The van der Waals surface area contributed by atoms with Crippen molar-refractivity contribution in [3.05, 3.63) is 63.4 Å². The van der Waals surface area contributed by atoms with E-state index in [1.165, 1.54) is 36.8 Å². The largest absolute Gasteiger partial charge is 0.242 e. The van der Waals surface area contributed by atoms with Crippen molar-refractivity contribution in [2.24, 2.45) is 5.92 Å². The van der Waals surface area contributed by atoms with Crippen molar-refractivity contribution in [3.63, 3.8) is 0 Å². The zero-order valence-electron chi connectivity index (χ0n) is 14.6. The average Bonchev–Trinajstić information content (AvgIpc) is 2.64. The van der Waals surface area contributed by atoms with E-state index in [9.17, 15) is 0 Å². The molecule has 2 aromatic rings. The van der Waals surface area contributed by atoms with Crippen molar-refractivity contribution in [2.45, 2.75) is 51.4 Å². The zero-order valence-corrected chi connectivity index (χ0v) is 16.1. The van der Waals surface area contributed by atoms with Gasteiger partial charge in [-0.25, -0.2) is 4.98 Å². The standard InChI is InChI=1S/C22H23Cl2N/c1-2-3-16-6-10-19(11-7-16)20-12-8-17(9-13-20)4-5-18-14-21(23)22(24)25-15-18/h6-7,10-11,14-15,17,20H,2-3,8-9,12-13H2,1H3/t17-,20-. The molecule has 0 unspecified atom stereocenters. The minimum Gasteiger partial charge on any atom is -0.242 e. The van der Waals surface area contributed by atoms with Gasteiger partial charge in [0.2, 0.25) is 0 Å². The van der Waals surface area contributed by atoms with E-state index in [4.69, 9.17) is 23.2 Å². The van der Waals surface area contributed by atoms with Crippen LogP contribution in [0.25, 0.3) is 0 Å². The van der Waals surface area contributed by atoms with E-state index in [1.807, 2.05) is 0 Å². The number of pyridine rings is 1. The molecular formula is C22H23Cl2N. The van der Waals surface area contributed by atoms with Crippen molar-refractivity contribution in [1.29, 1.82) is 0 Å². The quantitative estimate of drug-likeness (QED) is 0.433. The summed E-state index contributed by atoms with van der Waals surface area (Å²) in [5, 5.41) is 0.793. The summed E-state index contributed by atoms with van der Waals surface area (Å²) in [7, 11) is 0. The Hall–Kier alpha value is -1.49. The maximum Gasteiger partial charge on any atom is 0.147 e. The van der Waals surface area contributed by atoms with Crippen LogP contribution in [-0.4, -0.2) is 4.98 Å². The highest BCUT2D eigenvalue weighted by Gasteiger charge is 2.21. The Balaban J connectivity index is 1.56. The molecule has 0 radical (unpaired) electrons. The Labute approximate surface area is 160 Å². The van der Waals surface area contributed by atoms with Crippen LogP contribution in [0.5, 0.6) is 0 Å². The van der Waals surface area contributed by atoms with Crippen molar-refractivity contribution < 1.29 is 0 Å². The Morgan fingerprint density at radius 3 is 2.44 bits per heavy atom. The summed E-state index contributed by atoms with van der Waals surface area (Å²) in [6, 6.07) is 11.0. The molecule has 1 aliphatic rings. The van der Waals surface area contributed by atoms with Gasteiger partial charge in [-0.15, -0.1) is 0 Å². The monoisotopic (exact) mass is 371 g/mol. The van der Waals surface area contributed by atoms with Gasteiger partial charge >= 0.3 is 0 Å². The number of rotatable bonds is 3. The number of halogens is 2. The first-order valence-corrected chi connectivity index (χ1v) is 9.82. The van der Waals surface area contributed by atoms with Crippen molar-refractivity contribution in [1.82, 2.24) is 4.98 Å². The molecule has 1 nitrogen and oxygen atoms in total. The summed E-state index contributed by atoms with van der Waals surface area (Å²) in [6.45, 7) is 2.23. The van der Waals surface area contributed by atoms with Gasteiger partial charge in [0, 0.05) is 17.7 Å². The van der Waals surface area contributed by atoms with E-state index in [1.54, 1.807) is 12.3 Å². The molecule has 0 aliphatic heterocycles. The molecule has 3 rings (SSSR count). The van der Waals surface area contributed by atoms with Gasteiger partial charge in [0.1, 0.15) is 5.15 Å². The highest BCUT2D eigenvalue weighted by atomic mass is 35.5. The second-order valence-corrected chi connectivity index (χ2v) is 7.57. The van der Waals surface area contributed by atoms with Crippen LogP contribution < -0.4 is 0 Å². The van der Waals surface area contributed by atoms with Gasteiger partial charge in [-0.1, -0.05) is 72.7 Å². The van der Waals surface area contributed by atoms with E-state index in [2.05, 4.69) is 48.0 Å². The number of aromatic nitrogens is 1. The Morgan fingerprint density at radius 2 is 1.80 bits per heavy atom. The third-order valence-corrected chi connectivity index (χ3v) is 5.62. The lowest BCUT2D eigenvalue weighted by atomic mass is 9.79. The van der Waals surface area contributed by atoms with E-state index in [0.717, 1.165) is 18.4 Å². The number of hydrogen-bond donors (Lipinski definition) is 0. The molecule has 1 fully saturated rings. The Morgan fingerprint density at radius 1 is 1.08 bits per heavy atom. The number of nitrogens with zero attached hydrogens (tertiary/aromatic N) is 1. The highest BCUT2D eigenvalue weighted by Crippen LogP contribution is 2.35. The average molecular weight is 372 g/mol. The second kappa shape index (κ2) is 8.75. The van der Waals surface area contributed by atoms with Crippen molar-refractivity contribution in [2.75, 3.05) is 0 Å². The van der Waals surface area contributed by atoms with Gasteiger partial charge in [0.25, 0.3) is 0 Å². The molecule has 0 bridgehead atoms.